The van der Waals surface area contributed by atoms with Crippen LogP contribution in [0.3, 0.4) is 0 Å². The lowest BCUT2D eigenvalue weighted by atomic mass is 10.1. The lowest BCUT2D eigenvalue weighted by molar-refractivity contribution is 0.0957. The minimum Gasteiger partial charge on any atom is -0.354 e. The van der Waals surface area contributed by atoms with Crippen LogP contribution < -0.4 is 5.32 Å². The van der Waals surface area contributed by atoms with Crippen molar-refractivity contribution in [1.29, 1.82) is 0 Å². The fraction of sp³-hybridized carbons (Fsp3) is 0.0588. The Balaban J connectivity index is 2.16. The van der Waals surface area contributed by atoms with Crippen molar-refractivity contribution in [1.82, 2.24) is 15.1 Å². The number of hydrogen-bond donors (Lipinski definition) is 1. The SMILES string of the molecule is CNC(=O)c1cc(-c2ccc(Cl)cc2)n(-c2ccc(Cl)cc2)n1. The number of carbonyl (C=O) groups is 1. The van der Waals surface area contributed by atoms with Crippen LogP contribution in [-0.2, 0) is 0 Å². The molecule has 0 saturated heterocycles. The fourth-order valence-electron chi connectivity index (χ4n) is 2.23. The van der Waals surface area contributed by atoms with Gasteiger partial charge in [-0.05, 0) is 42.5 Å². The monoisotopic (exact) mass is 345 g/mol. The maximum absolute atomic E-state index is 11.9. The van der Waals surface area contributed by atoms with Crippen molar-refractivity contribution >= 4 is 29.1 Å². The number of nitrogens with one attached hydrogen (secondary N) is 1. The van der Waals surface area contributed by atoms with E-state index in [1.807, 2.05) is 24.3 Å². The molecule has 116 valence electrons. The average molecular weight is 346 g/mol. The zero-order valence-electron chi connectivity index (χ0n) is 12.3. The summed E-state index contributed by atoms with van der Waals surface area (Å²) in [5, 5.41) is 8.28. The summed E-state index contributed by atoms with van der Waals surface area (Å²) in [4.78, 5) is 11.9. The van der Waals surface area contributed by atoms with E-state index in [4.69, 9.17) is 23.2 Å². The molecule has 0 atom stereocenters. The van der Waals surface area contributed by atoms with E-state index in [1.165, 1.54) is 0 Å². The average Bonchev–Trinajstić information content (AvgIpc) is 3.01. The molecule has 0 saturated carbocycles. The Morgan fingerprint density at radius 3 is 2.13 bits per heavy atom. The quantitative estimate of drug-likeness (QED) is 0.772. The Bertz CT molecular complexity index is 776. The van der Waals surface area contributed by atoms with Gasteiger partial charge in [-0.2, -0.15) is 5.10 Å². The molecule has 23 heavy (non-hydrogen) atoms. The molecule has 0 unspecified atom stereocenters. The molecule has 1 aromatic heterocycles. The van der Waals surface area contributed by atoms with Gasteiger partial charge < -0.3 is 5.32 Å². The summed E-state index contributed by atoms with van der Waals surface area (Å²) in [6.45, 7) is 0. The number of aromatic nitrogens is 2. The topological polar surface area (TPSA) is 46.9 Å². The highest BCUT2D eigenvalue weighted by Crippen LogP contribution is 2.26. The van der Waals surface area contributed by atoms with Gasteiger partial charge in [0.15, 0.2) is 5.69 Å². The molecule has 0 spiro atoms. The van der Waals surface area contributed by atoms with Crippen molar-refractivity contribution in [3.8, 4) is 16.9 Å². The molecule has 6 heteroatoms. The maximum Gasteiger partial charge on any atom is 0.271 e. The predicted molar refractivity (Wildman–Crippen MR) is 92.4 cm³/mol. The number of benzene rings is 2. The van der Waals surface area contributed by atoms with E-state index in [9.17, 15) is 4.79 Å². The van der Waals surface area contributed by atoms with Crippen molar-refractivity contribution in [3.63, 3.8) is 0 Å². The zero-order valence-corrected chi connectivity index (χ0v) is 13.8. The second kappa shape index (κ2) is 6.44. The number of nitrogens with zero attached hydrogens (tertiary/aromatic N) is 2. The molecular weight excluding hydrogens is 333 g/mol. The molecular formula is C17H13Cl2N3O. The van der Waals surface area contributed by atoms with Crippen LogP contribution in [0.2, 0.25) is 10.0 Å². The molecule has 0 aliphatic rings. The van der Waals surface area contributed by atoms with E-state index in [-0.39, 0.29) is 5.91 Å². The molecule has 1 amide bonds. The highest BCUT2D eigenvalue weighted by Gasteiger charge is 2.15. The fourth-order valence-corrected chi connectivity index (χ4v) is 2.48. The normalized spacial score (nSPS) is 10.6. The van der Waals surface area contributed by atoms with Crippen molar-refractivity contribution in [2.75, 3.05) is 7.05 Å². The second-order valence-corrected chi connectivity index (χ2v) is 5.76. The number of amides is 1. The molecule has 1 N–H and O–H groups in total. The molecule has 0 aliphatic heterocycles. The van der Waals surface area contributed by atoms with Crippen LogP contribution in [0.25, 0.3) is 16.9 Å². The van der Waals surface area contributed by atoms with Crippen molar-refractivity contribution in [2.24, 2.45) is 0 Å². The van der Waals surface area contributed by atoms with E-state index in [0.29, 0.717) is 15.7 Å². The van der Waals surface area contributed by atoms with E-state index in [0.717, 1.165) is 16.9 Å². The van der Waals surface area contributed by atoms with Gasteiger partial charge in [-0.25, -0.2) is 4.68 Å². The van der Waals surface area contributed by atoms with Gasteiger partial charge in [0.1, 0.15) is 0 Å². The molecule has 0 bridgehead atoms. The molecule has 1 heterocycles. The summed E-state index contributed by atoms with van der Waals surface area (Å²) in [6, 6.07) is 16.4. The van der Waals surface area contributed by atoms with Crippen molar-refractivity contribution in [3.05, 3.63) is 70.3 Å². The van der Waals surface area contributed by atoms with Crippen LogP contribution in [-0.4, -0.2) is 22.7 Å². The summed E-state index contributed by atoms with van der Waals surface area (Å²) >= 11 is 11.9. The molecule has 2 aromatic carbocycles. The largest absolute Gasteiger partial charge is 0.354 e. The minimum atomic E-state index is -0.243. The van der Waals surface area contributed by atoms with E-state index < -0.39 is 0 Å². The first-order valence-electron chi connectivity index (χ1n) is 6.92. The summed E-state index contributed by atoms with van der Waals surface area (Å²) in [7, 11) is 1.58. The van der Waals surface area contributed by atoms with Gasteiger partial charge in [-0.3, -0.25) is 4.79 Å². The molecule has 0 radical (unpaired) electrons. The van der Waals surface area contributed by atoms with Crippen LogP contribution >= 0.6 is 23.2 Å². The molecule has 4 nitrogen and oxygen atoms in total. The minimum absolute atomic E-state index is 0.243. The van der Waals surface area contributed by atoms with Gasteiger partial charge in [-0.15, -0.1) is 0 Å². The third kappa shape index (κ3) is 3.23. The molecule has 0 aliphatic carbocycles. The highest BCUT2D eigenvalue weighted by atomic mass is 35.5. The Hall–Kier alpha value is -2.30. The van der Waals surface area contributed by atoms with Gasteiger partial charge >= 0.3 is 0 Å². The zero-order chi connectivity index (χ0) is 16.4. The lowest BCUT2D eigenvalue weighted by Gasteiger charge is -2.07. The smallest absolute Gasteiger partial charge is 0.271 e. The summed E-state index contributed by atoms with van der Waals surface area (Å²) in [6.07, 6.45) is 0. The second-order valence-electron chi connectivity index (χ2n) is 4.89. The first kappa shape index (κ1) is 15.6. The molecule has 3 aromatic rings. The summed E-state index contributed by atoms with van der Waals surface area (Å²) in [5.74, 6) is -0.243. The van der Waals surface area contributed by atoms with E-state index in [1.54, 1.807) is 42.1 Å². The Kier molecular flexibility index (Phi) is 4.37. The summed E-state index contributed by atoms with van der Waals surface area (Å²) in [5.41, 5.74) is 2.86. The maximum atomic E-state index is 11.9. The van der Waals surface area contributed by atoms with Crippen LogP contribution in [0.1, 0.15) is 10.5 Å². The molecule has 3 rings (SSSR count). The Labute approximate surface area is 143 Å². The van der Waals surface area contributed by atoms with Gasteiger partial charge in [0.05, 0.1) is 11.4 Å². The van der Waals surface area contributed by atoms with Gasteiger partial charge in [0.2, 0.25) is 0 Å². The molecule has 0 fully saturated rings. The standard InChI is InChI=1S/C17H13Cl2N3O/c1-20-17(23)15-10-16(11-2-4-12(18)5-3-11)22(21-15)14-8-6-13(19)7-9-14/h2-10H,1H3,(H,20,23). The predicted octanol–water partition coefficient (Wildman–Crippen LogP) is 4.21. The highest BCUT2D eigenvalue weighted by molar-refractivity contribution is 6.30. The van der Waals surface area contributed by atoms with Crippen molar-refractivity contribution < 1.29 is 4.79 Å². The number of hydrogen-bond acceptors (Lipinski definition) is 2. The number of carbonyl (C=O) groups excluding carboxylic acids is 1. The van der Waals surface area contributed by atoms with Gasteiger partial charge in [-0.1, -0.05) is 35.3 Å². The number of rotatable bonds is 3. The van der Waals surface area contributed by atoms with E-state index in [2.05, 4.69) is 10.4 Å². The third-order valence-corrected chi connectivity index (χ3v) is 3.88. The van der Waals surface area contributed by atoms with E-state index >= 15 is 0 Å². The summed E-state index contributed by atoms with van der Waals surface area (Å²) < 4.78 is 1.71. The lowest BCUT2D eigenvalue weighted by Crippen LogP contribution is -2.18. The van der Waals surface area contributed by atoms with Crippen LogP contribution in [0.15, 0.2) is 54.6 Å². The first-order valence-corrected chi connectivity index (χ1v) is 7.68. The van der Waals surface area contributed by atoms with Crippen LogP contribution in [0.4, 0.5) is 0 Å². The van der Waals surface area contributed by atoms with Crippen LogP contribution in [0, 0.1) is 0 Å². The van der Waals surface area contributed by atoms with Gasteiger partial charge in [0, 0.05) is 22.7 Å². The Morgan fingerprint density at radius 1 is 1.00 bits per heavy atom. The first-order chi connectivity index (χ1) is 11.1. The van der Waals surface area contributed by atoms with Crippen LogP contribution in [0.5, 0.6) is 0 Å². The third-order valence-electron chi connectivity index (χ3n) is 3.38. The Morgan fingerprint density at radius 2 is 1.57 bits per heavy atom. The van der Waals surface area contributed by atoms with Gasteiger partial charge in [0.25, 0.3) is 5.91 Å². The number of halogens is 2. The van der Waals surface area contributed by atoms with Crippen molar-refractivity contribution in [2.45, 2.75) is 0 Å².